The third-order valence-corrected chi connectivity index (χ3v) is 4.02. The lowest BCUT2D eigenvalue weighted by atomic mass is 10.4. The molecule has 0 aliphatic rings. The Kier molecular flexibility index (Phi) is 5.75. The lowest BCUT2D eigenvalue weighted by Crippen LogP contribution is -2.25. The summed E-state index contributed by atoms with van der Waals surface area (Å²) in [5.41, 5.74) is 0. The first-order chi connectivity index (χ1) is 9.66. The summed E-state index contributed by atoms with van der Waals surface area (Å²) in [6.45, 7) is 1.27. The lowest BCUT2D eigenvalue weighted by molar-refractivity contribution is 0.0957. The van der Waals surface area contributed by atoms with Gasteiger partial charge in [-0.15, -0.1) is 11.3 Å². The number of nitrogens with zero attached hydrogens (tertiary/aromatic N) is 2. The standard InChI is InChI=1S/C12H12BrClN4OS/c13-8-7-17-12(14)18-10(8)15-4-2-5-16-11(19)9-3-1-6-20-9/h1,3,6-7H,2,4-5H2,(H,16,19)(H,15,17,18). The van der Waals surface area contributed by atoms with E-state index in [0.29, 0.717) is 18.9 Å². The molecule has 2 aromatic heterocycles. The van der Waals surface area contributed by atoms with Crippen molar-refractivity contribution >= 4 is 50.6 Å². The molecule has 2 N–H and O–H groups in total. The average Bonchev–Trinajstić information content (AvgIpc) is 2.96. The number of halogens is 2. The van der Waals surface area contributed by atoms with Crippen LogP contribution in [0.3, 0.4) is 0 Å². The SMILES string of the molecule is O=C(NCCCNc1nc(Cl)ncc1Br)c1cccs1. The minimum atomic E-state index is -0.0359. The highest BCUT2D eigenvalue weighted by Crippen LogP contribution is 2.19. The molecule has 2 aromatic rings. The molecule has 8 heteroatoms. The fourth-order valence-corrected chi connectivity index (χ4v) is 2.57. The number of anilines is 1. The number of hydrogen-bond acceptors (Lipinski definition) is 5. The molecule has 0 spiro atoms. The number of rotatable bonds is 6. The summed E-state index contributed by atoms with van der Waals surface area (Å²) in [6, 6.07) is 3.66. The molecule has 0 saturated carbocycles. The first-order valence-corrected chi connectivity index (χ1v) is 7.95. The van der Waals surface area contributed by atoms with Gasteiger partial charge in [-0.2, -0.15) is 4.98 Å². The maximum Gasteiger partial charge on any atom is 0.261 e. The second-order valence-electron chi connectivity index (χ2n) is 3.85. The molecular formula is C12H12BrClN4OS. The van der Waals surface area contributed by atoms with Crippen LogP contribution in [0.4, 0.5) is 5.82 Å². The number of aromatic nitrogens is 2. The minimum Gasteiger partial charge on any atom is -0.369 e. The number of nitrogens with one attached hydrogen (secondary N) is 2. The van der Waals surface area contributed by atoms with Crippen molar-refractivity contribution in [1.29, 1.82) is 0 Å². The van der Waals surface area contributed by atoms with E-state index in [1.54, 1.807) is 12.3 Å². The quantitative estimate of drug-likeness (QED) is 0.601. The van der Waals surface area contributed by atoms with E-state index < -0.39 is 0 Å². The van der Waals surface area contributed by atoms with Gasteiger partial charge in [-0.1, -0.05) is 6.07 Å². The molecule has 0 bridgehead atoms. The summed E-state index contributed by atoms with van der Waals surface area (Å²) >= 11 is 10.5. The van der Waals surface area contributed by atoms with E-state index in [9.17, 15) is 4.79 Å². The van der Waals surface area contributed by atoms with Crippen LogP contribution in [0.2, 0.25) is 5.28 Å². The number of hydrogen-bond donors (Lipinski definition) is 2. The normalized spacial score (nSPS) is 10.3. The first-order valence-electron chi connectivity index (χ1n) is 5.90. The highest BCUT2D eigenvalue weighted by atomic mass is 79.9. The highest BCUT2D eigenvalue weighted by Gasteiger charge is 2.05. The van der Waals surface area contributed by atoms with E-state index in [0.717, 1.165) is 15.8 Å². The van der Waals surface area contributed by atoms with Crippen LogP contribution in [-0.2, 0) is 0 Å². The number of carbonyl (C=O) groups excluding carboxylic acids is 1. The van der Waals surface area contributed by atoms with Crippen LogP contribution >= 0.6 is 38.9 Å². The van der Waals surface area contributed by atoms with Gasteiger partial charge in [0.25, 0.3) is 5.91 Å². The molecular weight excluding hydrogens is 364 g/mol. The van der Waals surface area contributed by atoms with Crippen molar-refractivity contribution in [2.24, 2.45) is 0 Å². The minimum absolute atomic E-state index is 0.0359. The van der Waals surface area contributed by atoms with Crippen molar-refractivity contribution in [1.82, 2.24) is 15.3 Å². The predicted molar refractivity (Wildman–Crippen MR) is 84.5 cm³/mol. The van der Waals surface area contributed by atoms with Gasteiger partial charge in [0, 0.05) is 19.3 Å². The van der Waals surface area contributed by atoms with Crippen LogP contribution in [0.15, 0.2) is 28.2 Å². The van der Waals surface area contributed by atoms with E-state index in [1.807, 2.05) is 11.4 Å². The van der Waals surface area contributed by atoms with Crippen LogP contribution in [0.25, 0.3) is 0 Å². The third kappa shape index (κ3) is 4.43. The predicted octanol–water partition coefficient (Wildman–Crippen LogP) is 3.19. The number of amides is 1. The van der Waals surface area contributed by atoms with Gasteiger partial charge in [0.15, 0.2) is 0 Å². The van der Waals surface area contributed by atoms with E-state index in [-0.39, 0.29) is 11.2 Å². The van der Waals surface area contributed by atoms with Crippen molar-refractivity contribution < 1.29 is 4.79 Å². The van der Waals surface area contributed by atoms with Crippen LogP contribution in [0.1, 0.15) is 16.1 Å². The van der Waals surface area contributed by atoms with Gasteiger partial charge in [0.05, 0.1) is 9.35 Å². The molecule has 0 unspecified atom stereocenters. The first kappa shape index (κ1) is 15.2. The van der Waals surface area contributed by atoms with Crippen molar-refractivity contribution in [3.05, 3.63) is 38.3 Å². The molecule has 2 rings (SSSR count). The second kappa shape index (κ2) is 7.56. The third-order valence-electron chi connectivity index (χ3n) is 2.39. The van der Waals surface area contributed by atoms with Crippen LogP contribution in [-0.4, -0.2) is 29.0 Å². The zero-order valence-electron chi connectivity index (χ0n) is 10.4. The second-order valence-corrected chi connectivity index (χ2v) is 5.99. The molecule has 2 heterocycles. The summed E-state index contributed by atoms with van der Waals surface area (Å²) in [6.07, 6.45) is 2.38. The molecule has 0 fully saturated rings. The lowest BCUT2D eigenvalue weighted by Gasteiger charge is -2.08. The van der Waals surface area contributed by atoms with Crippen LogP contribution in [0, 0.1) is 0 Å². The molecule has 0 saturated heterocycles. The summed E-state index contributed by atoms with van der Waals surface area (Å²) < 4.78 is 0.754. The molecule has 1 amide bonds. The van der Waals surface area contributed by atoms with E-state index in [4.69, 9.17) is 11.6 Å². The van der Waals surface area contributed by atoms with Gasteiger partial charge in [0.1, 0.15) is 5.82 Å². The number of thiophene rings is 1. The van der Waals surface area contributed by atoms with Crippen molar-refractivity contribution in [2.75, 3.05) is 18.4 Å². The average molecular weight is 376 g/mol. The van der Waals surface area contributed by atoms with Gasteiger partial charge in [-0.25, -0.2) is 4.98 Å². The molecule has 0 aliphatic heterocycles. The summed E-state index contributed by atoms with van der Waals surface area (Å²) in [4.78, 5) is 20.3. The zero-order chi connectivity index (χ0) is 14.4. The Morgan fingerprint density at radius 3 is 3.05 bits per heavy atom. The van der Waals surface area contributed by atoms with E-state index in [1.165, 1.54) is 11.3 Å². The largest absolute Gasteiger partial charge is 0.369 e. The van der Waals surface area contributed by atoms with Gasteiger partial charge in [-0.3, -0.25) is 4.79 Å². The van der Waals surface area contributed by atoms with Crippen molar-refractivity contribution in [3.8, 4) is 0 Å². The van der Waals surface area contributed by atoms with Gasteiger partial charge in [0.2, 0.25) is 5.28 Å². The van der Waals surface area contributed by atoms with Gasteiger partial charge < -0.3 is 10.6 Å². The molecule has 106 valence electrons. The van der Waals surface area contributed by atoms with Crippen molar-refractivity contribution in [3.63, 3.8) is 0 Å². The maximum atomic E-state index is 11.7. The number of carbonyl (C=O) groups is 1. The monoisotopic (exact) mass is 374 g/mol. The Morgan fingerprint density at radius 1 is 1.45 bits per heavy atom. The summed E-state index contributed by atoms with van der Waals surface area (Å²) in [5.74, 6) is 0.612. The van der Waals surface area contributed by atoms with Gasteiger partial charge in [-0.05, 0) is 45.4 Å². The molecule has 0 atom stereocenters. The Bertz CT molecular complexity index is 579. The Morgan fingerprint density at radius 2 is 2.30 bits per heavy atom. The zero-order valence-corrected chi connectivity index (χ0v) is 13.6. The van der Waals surface area contributed by atoms with E-state index in [2.05, 4.69) is 36.5 Å². The van der Waals surface area contributed by atoms with Crippen LogP contribution < -0.4 is 10.6 Å². The summed E-state index contributed by atoms with van der Waals surface area (Å²) in [7, 11) is 0. The van der Waals surface area contributed by atoms with Crippen molar-refractivity contribution in [2.45, 2.75) is 6.42 Å². The molecule has 0 aromatic carbocycles. The highest BCUT2D eigenvalue weighted by molar-refractivity contribution is 9.10. The fraction of sp³-hybridized carbons (Fsp3) is 0.250. The van der Waals surface area contributed by atoms with E-state index >= 15 is 0 Å². The maximum absolute atomic E-state index is 11.7. The Labute approximate surface area is 133 Å². The molecule has 20 heavy (non-hydrogen) atoms. The van der Waals surface area contributed by atoms with Gasteiger partial charge >= 0.3 is 0 Å². The molecule has 0 aliphatic carbocycles. The molecule has 0 radical (unpaired) electrons. The topological polar surface area (TPSA) is 66.9 Å². The Balaban J connectivity index is 1.69. The smallest absolute Gasteiger partial charge is 0.261 e. The Hall–Kier alpha value is -1.18. The summed E-state index contributed by atoms with van der Waals surface area (Å²) in [5, 5.41) is 8.07. The van der Waals surface area contributed by atoms with Crippen LogP contribution in [0.5, 0.6) is 0 Å². The molecule has 5 nitrogen and oxygen atoms in total. The fourth-order valence-electron chi connectivity index (χ4n) is 1.46.